The summed E-state index contributed by atoms with van der Waals surface area (Å²) in [5.74, 6) is 0.830. The van der Waals surface area contributed by atoms with Gasteiger partial charge >= 0.3 is 0 Å². The summed E-state index contributed by atoms with van der Waals surface area (Å²) in [6.45, 7) is 0. The number of nitrogens with zero attached hydrogens (tertiary/aromatic N) is 1. The van der Waals surface area contributed by atoms with Crippen LogP contribution in [0.5, 0.6) is 5.75 Å². The van der Waals surface area contributed by atoms with Gasteiger partial charge in [-0.05, 0) is 29.8 Å². The first-order chi connectivity index (χ1) is 5.36. The molecule has 11 heavy (non-hydrogen) atoms. The lowest BCUT2D eigenvalue weighted by Crippen LogP contribution is -1.83. The average Bonchev–Trinajstić information content (AvgIpc) is 2.07. The third-order valence-electron chi connectivity index (χ3n) is 1.31. The van der Waals surface area contributed by atoms with E-state index in [0.717, 1.165) is 11.3 Å². The second-order valence-corrected chi connectivity index (χ2v) is 2.20. The fourth-order valence-electron chi connectivity index (χ4n) is 0.746. The van der Waals surface area contributed by atoms with Gasteiger partial charge < -0.3 is 4.74 Å². The number of benzene rings is 1. The molecule has 1 rings (SSSR count). The largest absolute Gasteiger partial charge is 0.497 e. The van der Waals surface area contributed by atoms with Gasteiger partial charge in [0.25, 0.3) is 0 Å². The Bertz CT molecular complexity index is 243. The van der Waals surface area contributed by atoms with E-state index in [1.54, 1.807) is 13.3 Å². The molecule has 3 heteroatoms. The van der Waals surface area contributed by atoms with Gasteiger partial charge in [-0.25, -0.2) is 0 Å². The Balaban J connectivity index is 2.82. The molecule has 2 nitrogen and oxygen atoms in total. The van der Waals surface area contributed by atoms with Gasteiger partial charge in [-0.2, -0.15) is 4.51 Å². The van der Waals surface area contributed by atoms with Gasteiger partial charge in [0.1, 0.15) is 5.75 Å². The minimum absolute atomic E-state index is 0.830. The smallest absolute Gasteiger partial charge is 0.118 e. The summed E-state index contributed by atoms with van der Waals surface area (Å²) in [4.78, 5) is 0. The lowest BCUT2D eigenvalue weighted by Gasteiger charge is -1.97. The molecule has 0 saturated carbocycles. The molecule has 0 aliphatic rings. The van der Waals surface area contributed by atoms with Crippen molar-refractivity contribution in [1.29, 1.82) is 0 Å². The van der Waals surface area contributed by atoms with Crippen molar-refractivity contribution in [1.82, 2.24) is 0 Å². The maximum atomic E-state index is 5.15. The summed E-state index contributed by atoms with van der Waals surface area (Å²) < 4.78 is 8.34. The highest BCUT2D eigenvalue weighted by Crippen LogP contribution is 2.09. The fourth-order valence-corrected chi connectivity index (χ4v) is 0.859. The molecule has 0 bridgehead atoms. The van der Waals surface area contributed by atoms with Gasteiger partial charge in [-0.1, -0.05) is 0 Å². The molecular formula is C8H8ClNO. The van der Waals surface area contributed by atoms with Crippen molar-refractivity contribution < 1.29 is 4.74 Å². The third-order valence-corrected chi connectivity index (χ3v) is 1.41. The molecule has 0 saturated heterocycles. The van der Waals surface area contributed by atoms with Gasteiger partial charge in [0.2, 0.25) is 0 Å². The first-order valence-corrected chi connectivity index (χ1v) is 3.49. The molecule has 1 aromatic carbocycles. The zero-order valence-corrected chi connectivity index (χ0v) is 6.88. The van der Waals surface area contributed by atoms with Crippen LogP contribution >= 0.6 is 11.8 Å². The number of hydrogen-bond donors (Lipinski definition) is 0. The molecule has 0 aliphatic carbocycles. The topological polar surface area (TPSA) is 21.6 Å². The molecular weight excluding hydrogens is 162 g/mol. The van der Waals surface area contributed by atoms with Crippen molar-refractivity contribution in [2.45, 2.75) is 0 Å². The monoisotopic (exact) mass is 169 g/mol. The van der Waals surface area contributed by atoms with E-state index >= 15 is 0 Å². The van der Waals surface area contributed by atoms with E-state index in [0.29, 0.717) is 0 Å². The molecule has 0 unspecified atom stereocenters. The van der Waals surface area contributed by atoms with Crippen molar-refractivity contribution in [3.05, 3.63) is 29.8 Å². The van der Waals surface area contributed by atoms with Crippen LogP contribution in [0.2, 0.25) is 0 Å². The Morgan fingerprint density at radius 2 is 2.00 bits per heavy atom. The van der Waals surface area contributed by atoms with Gasteiger partial charge in [0.15, 0.2) is 0 Å². The number of ether oxygens (including phenoxy) is 1. The Hall–Kier alpha value is -1.02. The normalized spacial score (nSPS) is 10.4. The third kappa shape index (κ3) is 2.24. The number of hydrogen-bond acceptors (Lipinski definition) is 2. The first kappa shape index (κ1) is 8.08. The Morgan fingerprint density at radius 3 is 2.45 bits per heavy atom. The molecule has 0 N–H and O–H groups in total. The van der Waals surface area contributed by atoms with Gasteiger partial charge in [-0.15, -0.1) is 0 Å². The minimum Gasteiger partial charge on any atom is -0.497 e. The Kier molecular flexibility index (Phi) is 2.93. The van der Waals surface area contributed by atoms with Gasteiger partial charge in [-0.3, -0.25) is 0 Å². The maximum absolute atomic E-state index is 5.15. The summed E-state index contributed by atoms with van der Waals surface area (Å²) in [7, 11) is 1.63. The number of rotatable bonds is 2. The second-order valence-electron chi connectivity index (χ2n) is 2.00. The van der Waals surface area contributed by atoms with Crippen molar-refractivity contribution in [2.75, 3.05) is 7.11 Å². The van der Waals surface area contributed by atoms with E-state index in [1.807, 2.05) is 24.3 Å². The second kappa shape index (κ2) is 3.98. The number of halogens is 1. The van der Waals surface area contributed by atoms with E-state index < -0.39 is 0 Å². The zero-order valence-electron chi connectivity index (χ0n) is 6.12. The molecule has 0 amide bonds. The van der Waals surface area contributed by atoms with Crippen LogP contribution in [-0.4, -0.2) is 13.3 Å². The number of methoxy groups -OCH3 is 1. The van der Waals surface area contributed by atoms with Crippen LogP contribution in [-0.2, 0) is 0 Å². The van der Waals surface area contributed by atoms with Crippen LogP contribution in [0.25, 0.3) is 0 Å². The lowest BCUT2D eigenvalue weighted by atomic mass is 10.2. The molecule has 0 aliphatic heterocycles. The Morgan fingerprint density at radius 1 is 1.36 bits per heavy atom. The highest BCUT2D eigenvalue weighted by atomic mass is 35.5. The molecule has 0 fully saturated rings. The summed E-state index contributed by atoms with van der Waals surface area (Å²) in [6, 6.07) is 7.47. The fraction of sp³-hybridized carbons (Fsp3) is 0.125. The molecule has 0 spiro atoms. The van der Waals surface area contributed by atoms with Gasteiger partial charge in [0.05, 0.1) is 7.11 Å². The van der Waals surface area contributed by atoms with E-state index in [-0.39, 0.29) is 0 Å². The summed E-state index contributed by atoms with van der Waals surface area (Å²) in [6.07, 6.45) is 1.57. The van der Waals surface area contributed by atoms with Crippen molar-refractivity contribution >= 4 is 18.0 Å². The molecule has 58 valence electrons. The molecule has 1 aromatic rings. The van der Waals surface area contributed by atoms with Crippen LogP contribution in [0.4, 0.5) is 0 Å². The first-order valence-electron chi connectivity index (χ1n) is 3.15. The summed E-state index contributed by atoms with van der Waals surface area (Å²) in [5.41, 5.74) is 0.959. The maximum Gasteiger partial charge on any atom is 0.118 e. The highest BCUT2D eigenvalue weighted by Gasteiger charge is 1.89. The van der Waals surface area contributed by atoms with E-state index in [4.69, 9.17) is 16.5 Å². The zero-order chi connectivity index (χ0) is 8.10. The quantitative estimate of drug-likeness (QED) is 0.623. The van der Waals surface area contributed by atoms with Crippen LogP contribution in [0.3, 0.4) is 0 Å². The van der Waals surface area contributed by atoms with Crippen LogP contribution in [0.15, 0.2) is 28.8 Å². The SMILES string of the molecule is COc1ccc(C=NCl)cc1. The molecule has 0 aromatic heterocycles. The van der Waals surface area contributed by atoms with Crippen LogP contribution in [0.1, 0.15) is 5.56 Å². The van der Waals surface area contributed by atoms with E-state index in [1.165, 1.54) is 0 Å². The average molecular weight is 170 g/mol. The van der Waals surface area contributed by atoms with E-state index in [9.17, 15) is 0 Å². The predicted molar refractivity (Wildman–Crippen MR) is 46.4 cm³/mol. The molecule has 0 heterocycles. The molecule has 0 atom stereocenters. The lowest BCUT2D eigenvalue weighted by molar-refractivity contribution is 0.415. The van der Waals surface area contributed by atoms with Crippen LogP contribution in [0, 0.1) is 0 Å². The van der Waals surface area contributed by atoms with E-state index in [2.05, 4.69) is 4.51 Å². The molecule has 0 radical (unpaired) electrons. The summed E-state index contributed by atoms with van der Waals surface area (Å²) in [5, 5.41) is 0. The van der Waals surface area contributed by atoms with Crippen molar-refractivity contribution in [3.8, 4) is 5.75 Å². The van der Waals surface area contributed by atoms with Crippen molar-refractivity contribution in [3.63, 3.8) is 0 Å². The minimum atomic E-state index is 0.830. The van der Waals surface area contributed by atoms with Crippen LogP contribution < -0.4 is 4.74 Å². The summed E-state index contributed by atoms with van der Waals surface area (Å²) >= 11 is 5.15. The van der Waals surface area contributed by atoms with Crippen molar-refractivity contribution in [2.24, 2.45) is 4.51 Å². The van der Waals surface area contributed by atoms with Gasteiger partial charge in [0, 0.05) is 18.0 Å². The standard InChI is InChI=1S/C8H8ClNO/c1-11-8-4-2-7(3-5-8)6-10-9/h2-6H,1H3. The predicted octanol–water partition coefficient (Wildman–Crippen LogP) is 2.27. The Labute approximate surface area is 70.6 Å². The highest BCUT2D eigenvalue weighted by molar-refractivity contribution is 6.18.